The van der Waals surface area contributed by atoms with Crippen LogP contribution in [-0.2, 0) is 0 Å². The maximum absolute atomic E-state index is 2.46. The molecule has 0 saturated carbocycles. The minimum atomic E-state index is 1.22. The smallest absolute Gasteiger partial charge is 0.0782 e. The highest BCUT2D eigenvalue weighted by Crippen LogP contribution is 2.16. The fourth-order valence-corrected chi connectivity index (χ4v) is 6.04. The first kappa shape index (κ1) is 37.9. The molecule has 0 N–H and O–H groups in total. The summed E-state index contributed by atoms with van der Waals surface area (Å²) in [6.45, 7) is 10.1. The van der Waals surface area contributed by atoms with Gasteiger partial charge in [-0.1, -0.05) is 136 Å². The van der Waals surface area contributed by atoms with Crippen molar-refractivity contribution < 1.29 is 8.97 Å². The van der Waals surface area contributed by atoms with Gasteiger partial charge in [-0.15, -0.1) is 0 Å². The van der Waals surface area contributed by atoms with E-state index in [1.165, 1.54) is 202 Å². The molecule has 230 valence electrons. The number of hydrogen-bond acceptors (Lipinski definition) is 0. The first-order chi connectivity index (χ1) is 18.3. The lowest BCUT2D eigenvalue weighted by atomic mass is 10.0. The van der Waals surface area contributed by atoms with Crippen LogP contribution in [0.3, 0.4) is 0 Å². The highest BCUT2D eigenvalue weighted by Gasteiger charge is 2.15. The number of hydrogen-bond donors (Lipinski definition) is 0. The third-order valence-electron chi connectivity index (χ3n) is 9.01. The zero-order valence-corrected chi connectivity index (χ0v) is 28.1. The molecule has 0 aliphatic carbocycles. The molecule has 0 bridgehead atoms. The van der Waals surface area contributed by atoms with Crippen LogP contribution in [0.4, 0.5) is 0 Å². The van der Waals surface area contributed by atoms with E-state index in [9.17, 15) is 0 Å². The van der Waals surface area contributed by atoms with Crippen molar-refractivity contribution in [1.82, 2.24) is 0 Å². The molecule has 0 aromatic rings. The van der Waals surface area contributed by atoms with Crippen molar-refractivity contribution in [3.63, 3.8) is 0 Å². The Bertz CT molecular complexity index is 456. The van der Waals surface area contributed by atoms with Gasteiger partial charge in [-0.3, -0.25) is 0 Å². The SMILES string of the molecule is CCCCCCCCCCCCCCCCCCCCCC[N+](C)(C)CCCCCC[N+](C)(C)CCCC. The Morgan fingerprint density at radius 3 is 0.658 bits per heavy atom. The van der Waals surface area contributed by atoms with E-state index in [4.69, 9.17) is 0 Å². The van der Waals surface area contributed by atoms with Crippen molar-refractivity contribution in [2.75, 3.05) is 54.4 Å². The van der Waals surface area contributed by atoms with Gasteiger partial charge in [0.2, 0.25) is 0 Å². The predicted molar refractivity (Wildman–Crippen MR) is 175 cm³/mol. The molecule has 0 aliphatic rings. The van der Waals surface area contributed by atoms with Crippen LogP contribution < -0.4 is 0 Å². The summed E-state index contributed by atoms with van der Waals surface area (Å²) in [5.74, 6) is 0. The fourth-order valence-electron chi connectivity index (χ4n) is 6.04. The summed E-state index contributed by atoms with van der Waals surface area (Å²) >= 11 is 0. The molecular formula is C36H78N2+2. The molecular weight excluding hydrogens is 460 g/mol. The first-order valence-corrected chi connectivity index (χ1v) is 18.0. The molecule has 0 heterocycles. The minimum absolute atomic E-state index is 1.22. The Hall–Kier alpha value is -0.0800. The van der Waals surface area contributed by atoms with E-state index >= 15 is 0 Å². The van der Waals surface area contributed by atoms with Crippen molar-refractivity contribution in [3.05, 3.63) is 0 Å². The van der Waals surface area contributed by atoms with Gasteiger partial charge < -0.3 is 8.97 Å². The van der Waals surface area contributed by atoms with Crippen LogP contribution in [0.15, 0.2) is 0 Å². The van der Waals surface area contributed by atoms with Crippen LogP contribution in [0.1, 0.15) is 181 Å². The topological polar surface area (TPSA) is 0 Å². The van der Waals surface area contributed by atoms with E-state index in [2.05, 4.69) is 42.0 Å². The average molecular weight is 539 g/mol. The number of rotatable bonds is 31. The van der Waals surface area contributed by atoms with Crippen LogP contribution in [0.25, 0.3) is 0 Å². The van der Waals surface area contributed by atoms with E-state index in [1.807, 2.05) is 0 Å². The van der Waals surface area contributed by atoms with Gasteiger partial charge >= 0.3 is 0 Å². The lowest BCUT2D eigenvalue weighted by molar-refractivity contribution is -0.891. The molecule has 0 unspecified atom stereocenters. The molecule has 2 heteroatoms. The largest absolute Gasteiger partial charge is 0.328 e. The molecule has 0 radical (unpaired) electrons. The van der Waals surface area contributed by atoms with Crippen molar-refractivity contribution in [3.8, 4) is 0 Å². The van der Waals surface area contributed by atoms with Crippen LogP contribution in [0.5, 0.6) is 0 Å². The molecule has 0 saturated heterocycles. The van der Waals surface area contributed by atoms with Gasteiger partial charge in [-0.2, -0.15) is 0 Å². The fraction of sp³-hybridized carbons (Fsp3) is 1.00. The zero-order valence-electron chi connectivity index (χ0n) is 28.1. The molecule has 0 amide bonds. The Balaban J connectivity index is 3.34. The Morgan fingerprint density at radius 2 is 0.421 bits per heavy atom. The van der Waals surface area contributed by atoms with Crippen LogP contribution in [0, 0.1) is 0 Å². The molecule has 0 aromatic heterocycles. The quantitative estimate of drug-likeness (QED) is 0.0608. The van der Waals surface area contributed by atoms with Gasteiger partial charge in [0.15, 0.2) is 0 Å². The van der Waals surface area contributed by atoms with E-state index in [0.717, 1.165) is 0 Å². The van der Waals surface area contributed by atoms with Crippen LogP contribution in [-0.4, -0.2) is 63.3 Å². The van der Waals surface area contributed by atoms with E-state index in [1.54, 1.807) is 0 Å². The van der Waals surface area contributed by atoms with Gasteiger partial charge in [0.05, 0.1) is 54.4 Å². The second-order valence-electron chi connectivity index (χ2n) is 14.3. The van der Waals surface area contributed by atoms with Crippen LogP contribution in [0.2, 0.25) is 0 Å². The Labute approximate surface area is 243 Å². The average Bonchev–Trinajstić information content (AvgIpc) is 2.88. The molecule has 0 aliphatic heterocycles. The summed E-state index contributed by atoms with van der Waals surface area (Å²) in [5.41, 5.74) is 0. The van der Waals surface area contributed by atoms with E-state index < -0.39 is 0 Å². The molecule has 0 spiro atoms. The second-order valence-corrected chi connectivity index (χ2v) is 14.3. The third-order valence-corrected chi connectivity index (χ3v) is 9.01. The van der Waals surface area contributed by atoms with Gasteiger partial charge in [-0.25, -0.2) is 0 Å². The number of unbranched alkanes of at least 4 members (excludes halogenated alkanes) is 23. The molecule has 0 fully saturated rings. The second kappa shape index (κ2) is 27.1. The Kier molecular flexibility index (Phi) is 27.1. The van der Waals surface area contributed by atoms with Crippen LogP contribution >= 0.6 is 0 Å². The van der Waals surface area contributed by atoms with E-state index in [-0.39, 0.29) is 0 Å². The minimum Gasteiger partial charge on any atom is -0.328 e. The monoisotopic (exact) mass is 539 g/mol. The lowest BCUT2D eigenvalue weighted by Crippen LogP contribution is -2.41. The van der Waals surface area contributed by atoms with Crippen molar-refractivity contribution in [1.29, 1.82) is 0 Å². The summed E-state index contributed by atoms with van der Waals surface area (Å²) in [6.07, 6.45) is 37.7. The van der Waals surface area contributed by atoms with Gasteiger partial charge in [0.25, 0.3) is 0 Å². The first-order valence-electron chi connectivity index (χ1n) is 18.0. The Morgan fingerprint density at radius 1 is 0.237 bits per heavy atom. The maximum atomic E-state index is 2.46. The van der Waals surface area contributed by atoms with Gasteiger partial charge in [0, 0.05) is 0 Å². The summed E-state index contributed by atoms with van der Waals surface area (Å²) in [5, 5.41) is 0. The highest BCUT2D eigenvalue weighted by molar-refractivity contribution is 4.51. The van der Waals surface area contributed by atoms with Crippen molar-refractivity contribution >= 4 is 0 Å². The predicted octanol–water partition coefficient (Wildman–Crippen LogP) is 11.3. The summed E-state index contributed by atoms with van der Waals surface area (Å²) in [4.78, 5) is 0. The van der Waals surface area contributed by atoms with Gasteiger partial charge in [-0.05, 0) is 44.9 Å². The lowest BCUT2D eigenvalue weighted by Gasteiger charge is -2.31. The van der Waals surface area contributed by atoms with E-state index in [0.29, 0.717) is 0 Å². The molecule has 0 rings (SSSR count). The maximum Gasteiger partial charge on any atom is 0.0782 e. The summed E-state index contributed by atoms with van der Waals surface area (Å²) in [6, 6.07) is 0. The molecule has 0 atom stereocenters. The summed E-state index contributed by atoms with van der Waals surface area (Å²) < 4.78 is 2.45. The highest BCUT2D eigenvalue weighted by atomic mass is 15.3. The number of quaternary nitrogens is 2. The van der Waals surface area contributed by atoms with Gasteiger partial charge in [0.1, 0.15) is 0 Å². The summed E-state index contributed by atoms with van der Waals surface area (Å²) in [7, 11) is 9.74. The van der Waals surface area contributed by atoms with Crippen molar-refractivity contribution in [2.24, 2.45) is 0 Å². The molecule has 2 nitrogen and oxygen atoms in total. The normalized spacial score (nSPS) is 12.5. The number of nitrogens with zero attached hydrogens (tertiary/aromatic N) is 2. The van der Waals surface area contributed by atoms with Crippen molar-refractivity contribution in [2.45, 2.75) is 181 Å². The standard InChI is InChI=1S/C36H78N2/c1-7-9-11-12-13-14-15-16-17-18-19-20-21-22-23-24-25-26-27-30-35-38(5,6)36-32-29-28-31-34-37(3,4)33-10-8-2/h7-36H2,1-6H3/q+2. The zero-order chi connectivity index (χ0) is 28.2. The third kappa shape index (κ3) is 28.9. The molecule has 38 heavy (non-hydrogen) atoms. The molecule has 0 aromatic carbocycles.